The highest BCUT2D eigenvalue weighted by Gasteiger charge is 2.25. The molecule has 0 aliphatic carbocycles. The largest absolute Gasteiger partial charge is 0.399 e. The average molecular weight is 292 g/mol. The van der Waals surface area contributed by atoms with Crippen molar-refractivity contribution in [1.82, 2.24) is 9.80 Å². The maximum absolute atomic E-state index is 12.4. The first-order chi connectivity index (χ1) is 10.0. The van der Waals surface area contributed by atoms with Gasteiger partial charge in [-0.1, -0.05) is 0 Å². The third-order valence-electron chi connectivity index (χ3n) is 3.49. The third kappa shape index (κ3) is 3.43. The standard InChI is InChI=1S/C14H20N4O3/c1-21-9-13(19)17-4-6-18(7-5-17)14(20)11-3-2-10(15)8-12(11)16/h2-3,8H,4-7,9,15-16H2,1H3. The van der Waals surface area contributed by atoms with Crippen molar-refractivity contribution in [2.75, 3.05) is 51.4 Å². The van der Waals surface area contributed by atoms with Gasteiger partial charge in [0, 0.05) is 44.7 Å². The summed E-state index contributed by atoms with van der Waals surface area (Å²) in [6.45, 7) is 2.04. The Hall–Kier alpha value is -2.28. The van der Waals surface area contributed by atoms with Crippen LogP contribution in [0.15, 0.2) is 18.2 Å². The summed E-state index contributed by atoms with van der Waals surface area (Å²) in [5.74, 6) is -0.192. The lowest BCUT2D eigenvalue weighted by Gasteiger charge is -2.34. The van der Waals surface area contributed by atoms with Crippen molar-refractivity contribution in [2.24, 2.45) is 0 Å². The molecular formula is C14H20N4O3. The molecule has 0 radical (unpaired) electrons. The average Bonchev–Trinajstić information content (AvgIpc) is 2.47. The van der Waals surface area contributed by atoms with Gasteiger partial charge in [-0.15, -0.1) is 0 Å². The predicted octanol–water partition coefficient (Wildman–Crippen LogP) is -0.218. The Kier molecular flexibility index (Phi) is 4.64. The van der Waals surface area contributed by atoms with Crippen LogP contribution in [-0.2, 0) is 9.53 Å². The molecule has 0 aromatic heterocycles. The molecule has 0 bridgehead atoms. The molecule has 0 spiro atoms. The summed E-state index contributed by atoms with van der Waals surface area (Å²) >= 11 is 0. The second-order valence-corrected chi connectivity index (χ2v) is 4.95. The van der Waals surface area contributed by atoms with E-state index in [9.17, 15) is 9.59 Å². The van der Waals surface area contributed by atoms with Gasteiger partial charge in [-0.2, -0.15) is 0 Å². The number of amides is 2. The summed E-state index contributed by atoms with van der Waals surface area (Å²) in [5, 5.41) is 0. The summed E-state index contributed by atoms with van der Waals surface area (Å²) in [6.07, 6.45) is 0. The molecule has 1 aliphatic heterocycles. The predicted molar refractivity (Wildman–Crippen MR) is 79.6 cm³/mol. The maximum Gasteiger partial charge on any atom is 0.256 e. The molecule has 1 aromatic rings. The van der Waals surface area contributed by atoms with E-state index >= 15 is 0 Å². The molecule has 0 unspecified atom stereocenters. The number of benzene rings is 1. The fourth-order valence-corrected chi connectivity index (χ4v) is 2.32. The summed E-state index contributed by atoms with van der Waals surface area (Å²) < 4.78 is 4.83. The molecule has 7 nitrogen and oxygen atoms in total. The fourth-order valence-electron chi connectivity index (χ4n) is 2.32. The van der Waals surface area contributed by atoms with Crippen molar-refractivity contribution in [3.8, 4) is 0 Å². The highest BCUT2D eigenvalue weighted by molar-refractivity contribution is 5.99. The molecule has 4 N–H and O–H groups in total. The Bertz CT molecular complexity index is 539. The quantitative estimate of drug-likeness (QED) is 0.750. The number of nitrogens with zero attached hydrogens (tertiary/aromatic N) is 2. The number of anilines is 2. The SMILES string of the molecule is COCC(=O)N1CCN(C(=O)c2ccc(N)cc2N)CC1. The summed E-state index contributed by atoms with van der Waals surface area (Å²) in [4.78, 5) is 27.5. The van der Waals surface area contributed by atoms with Crippen molar-refractivity contribution in [1.29, 1.82) is 0 Å². The van der Waals surface area contributed by atoms with Crippen LogP contribution in [0.3, 0.4) is 0 Å². The molecule has 21 heavy (non-hydrogen) atoms. The van der Waals surface area contributed by atoms with E-state index in [-0.39, 0.29) is 18.4 Å². The van der Waals surface area contributed by atoms with E-state index in [0.29, 0.717) is 43.1 Å². The number of piperazine rings is 1. The number of carbonyl (C=O) groups is 2. The number of nitrogens with two attached hydrogens (primary N) is 2. The van der Waals surface area contributed by atoms with Crippen molar-refractivity contribution in [3.63, 3.8) is 0 Å². The van der Waals surface area contributed by atoms with E-state index in [0.717, 1.165) is 0 Å². The molecule has 1 saturated heterocycles. The van der Waals surface area contributed by atoms with Gasteiger partial charge in [0.25, 0.3) is 5.91 Å². The highest BCUT2D eigenvalue weighted by atomic mass is 16.5. The number of hydrogen-bond donors (Lipinski definition) is 2. The molecule has 1 fully saturated rings. The monoisotopic (exact) mass is 292 g/mol. The van der Waals surface area contributed by atoms with Crippen LogP contribution in [0, 0.1) is 0 Å². The van der Waals surface area contributed by atoms with Gasteiger partial charge in [-0.25, -0.2) is 0 Å². The zero-order valence-corrected chi connectivity index (χ0v) is 12.0. The zero-order chi connectivity index (χ0) is 15.4. The lowest BCUT2D eigenvalue weighted by Crippen LogP contribution is -2.51. The number of ether oxygens (including phenoxy) is 1. The Morgan fingerprint density at radius 2 is 1.76 bits per heavy atom. The van der Waals surface area contributed by atoms with Crippen LogP contribution < -0.4 is 11.5 Å². The molecule has 2 amide bonds. The Morgan fingerprint density at radius 3 is 2.33 bits per heavy atom. The second-order valence-electron chi connectivity index (χ2n) is 4.95. The zero-order valence-electron chi connectivity index (χ0n) is 12.0. The molecule has 114 valence electrons. The molecule has 0 saturated carbocycles. The van der Waals surface area contributed by atoms with Crippen LogP contribution in [0.1, 0.15) is 10.4 Å². The number of carbonyl (C=O) groups excluding carboxylic acids is 2. The molecule has 1 heterocycles. The molecule has 1 aromatic carbocycles. The number of methoxy groups -OCH3 is 1. The van der Waals surface area contributed by atoms with E-state index in [4.69, 9.17) is 16.2 Å². The first kappa shape index (κ1) is 15.1. The Balaban J connectivity index is 1.98. The van der Waals surface area contributed by atoms with E-state index in [1.54, 1.807) is 28.0 Å². The molecular weight excluding hydrogens is 272 g/mol. The van der Waals surface area contributed by atoms with Gasteiger partial charge in [0.2, 0.25) is 5.91 Å². The van der Waals surface area contributed by atoms with Crippen LogP contribution in [0.2, 0.25) is 0 Å². The molecule has 7 heteroatoms. The van der Waals surface area contributed by atoms with E-state index < -0.39 is 0 Å². The first-order valence-corrected chi connectivity index (χ1v) is 6.74. The van der Waals surface area contributed by atoms with E-state index in [2.05, 4.69) is 0 Å². The lowest BCUT2D eigenvalue weighted by molar-refractivity contribution is -0.136. The fraction of sp³-hybridized carbons (Fsp3) is 0.429. The normalized spacial score (nSPS) is 15.1. The summed E-state index contributed by atoms with van der Waals surface area (Å²) in [5.41, 5.74) is 12.8. The number of hydrogen-bond acceptors (Lipinski definition) is 5. The second kappa shape index (κ2) is 6.45. The van der Waals surface area contributed by atoms with Crippen molar-refractivity contribution in [2.45, 2.75) is 0 Å². The number of rotatable bonds is 3. The van der Waals surface area contributed by atoms with Gasteiger partial charge >= 0.3 is 0 Å². The van der Waals surface area contributed by atoms with E-state index in [1.807, 2.05) is 0 Å². The smallest absolute Gasteiger partial charge is 0.256 e. The minimum atomic E-state index is -0.133. The first-order valence-electron chi connectivity index (χ1n) is 6.74. The van der Waals surface area contributed by atoms with Crippen LogP contribution in [-0.4, -0.2) is 61.5 Å². The maximum atomic E-state index is 12.4. The van der Waals surface area contributed by atoms with Crippen molar-refractivity contribution in [3.05, 3.63) is 23.8 Å². The van der Waals surface area contributed by atoms with Gasteiger partial charge < -0.3 is 26.0 Å². The van der Waals surface area contributed by atoms with Crippen LogP contribution in [0.25, 0.3) is 0 Å². The molecule has 0 atom stereocenters. The van der Waals surface area contributed by atoms with Gasteiger partial charge in [0.1, 0.15) is 6.61 Å². The van der Waals surface area contributed by atoms with E-state index in [1.165, 1.54) is 7.11 Å². The van der Waals surface area contributed by atoms with Crippen LogP contribution >= 0.6 is 0 Å². The number of nitrogen functional groups attached to an aromatic ring is 2. The summed E-state index contributed by atoms with van der Waals surface area (Å²) in [6, 6.07) is 4.86. The van der Waals surface area contributed by atoms with Crippen molar-refractivity contribution < 1.29 is 14.3 Å². The van der Waals surface area contributed by atoms with Crippen LogP contribution in [0.4, 0.5) is 11.4 Å². The Labute approximate surface area is 123 Å². The van der Waals surface area contributed by atoms with Gasteiger partial charge in [0.05, 0.1) is 5.56 Å². The Morgan fingerprint density at radius 1 is 1.14 bits per heavy atom. The molecule has 1 aliphatic rings. The lowest BCUT2D eigenvalue weighted by atomic mass is 10.1. The van der Waals surface area contributed by atoms with Gasteiger partial charge in [-0.05, 0) is 18.2 Å². The minimum Gasteiger partial charge on any atom is -0.399 e. The van der Waals surface area contributed by atoms with Crippen molar-refractivity contribution >= 4 is 23.2 Å². The summed E-state index contributed by atoms with van der Waals surface area (Å²) in [7, 11) is 1.49. The van der Waals surface area contributed by atoms with Gasteiger partial charge in [0.15, 0.2) is 0 Å². The third-order valence-corrected chi connectivity index (χ3v) is 3.49. The minimum absolute atomic E-state index is 0.0587. The van der Waals surface area contributed by atoms with Crippen LogP contribution in [0.5, 0.6) is 0 Å². The van der Waals surface area contributed by atoms with Gasteiger partial charge in [-0.3, -0.25) is 9.59 Å². The topological polar surface area (TPSA) is 102 Å². The molecule has 2 rings (SSSR count). The highest BCUT2D eigenvalue weighted by Crippen LogP contribution is 2.18.